The first-order chi connectivity index (χ1) is 7.19. The highest BCUT2D eigenvalue weighted by Crippen LogP contribution is 2.19. The van der Waals surface area contributed by atoms with Gasteiger partial charge in [0.2, 0.25) is 0 Å². The van der Waals surface area contributed by atoms with Gasteiger partial charge in [-0.1, -0.05) is 13.8 Å². The smallest absolute Gasteiger partial charge is 0.149 e. The van der Waals surface area contributed by atoms with Crippen molar-refractivity contribution in [2.75, 3.05) is 0 Å². The van der Waals surface area contributed by atoms with Crippen LogP contribution >= 0.6 is 0 Å². The summed E-state index contributed by atoms with van der Waals surface area (Å²) in [7, 11) is 0. The number of hydrogen-bond acceptors (Lipinski definition) is 3. The molecule has 1 heterocycles. The van der Waals surface area contributed by atoms with Crippen LogP contribution in [0.1, 0.15) is 41.5 Å². The van der Waals surface area contributed by atoms with Crippen molar-refractivity contribution in [2.24, 2.45) is 10.1 Å². The van der Waals surface area contributed by atoms with Crippen LogP contribution in [0.3, 0.4) is 0 Å². The van der Waals surface area contributed by atoms with Crippen molar-refractivity contribution in [1.82, 2.24) is 5.01 Å². The van der Waals surface area contributed by atoms with E-state index >= 15 is 0 Å². The summed E-state index contributed by atoms with van der Waals surface area (Å²) in [5.41, 5.74) is 2.12. The molecule has 1 aliphatic heterocycles. The molecule has 0 N–H and O–H groups in total. The number of allylic oxidation sites excluding steroid dienone is 3. The quantitative estimate of drug-likeness (QED) is 0.604. The molecule has 0 fully saturated rings. The third-order valence-electron chi connectivity index (χ3n) is 1.75. The number of nitrogens with zero attached hydrogens (tertiary/aromatic N) is 3. The lowest BCUT2D eigenvalue weighted by molar-refractivity contribution is 0.448. The van der Waals surface area contributed by atoms with Crippen molar-refractivity contribution in [3.05, 3.63) is 23.7 Å². The summed E-state index contributed by atoms with van der Waals surface area (Å²) in [6, 6.07) is 0. The molecule has 1 aliphatic rings. The zero-order valence-corrected chi connectivity index (χ0v) is 10.6. The molecule has 0 radical (unpaired) electrons. The Morgan fingerprint density at radius 2 is 1.87 bits per heavy atom. The minimum atomic E-state index is 0.885. The lowest BCUT2D eigenvalue weighted by atomic mass is 10.3. The van der Waals surface area contributed by atoms with Crippen LogP contribution in [-0.2, 0) is 0 Å². The molecule has 3 nitrogen and oxygen atoms in total. The number of rotatable bonds is 1. The van der Waals surface area contributed by atoms with Crippen LogP contribution in [-0.4, -0.2) is 16.9 Å². The Labute approximate surface area is 92.9 Å². The van der Waals surface area contributed by atoms with Gasteiger partial charge in [0.1, 0.15) is 5.82 Å². The van der Waals surface area contributed by atoms with Gasteiger partial charge in [-0.05, 0) is 39.8 Å². The zero-order chi connectivity index (χ0) is 11.8. The Kier molecular flexibility index (Phi) is 6.34. The van der Waals surface area contributed by atoms with Gasteiger partial charge >= 0.3 is 0 Å². The van der Waals surface area contributed by atoms with Crippen molar-refractivity contribution < 1.29 is 0 Å². The Bertz CT molecular complexity index is 309. The van der Waals surface area contributed by atoms with E-state index in [0.717, 1.165) is 17.2 Å². The fraction of sp³-hybridized carbons (Fsp3) is 0.500. The molecule has 0 aromatic carbocycles. The summed E-state index contributed by atoms with van der Waals surface area (Å²) in [5.74, 6) is 0.885. The van der Waals surface area contributed by atoms with E-state index in [9.17, 15) is 0 Å². The zero-order valence-electron chi connectivity index (χ0n) is 10.6. The van der Waals surface area contributed by atoms with Gasteiger partial charge in [0.15, 0.2) is 0 Å². The standard InChI is InChI=1S/C10H15N3.C2H6/c1-5-10-12-8(3)7-9(4)13(10)11-6-2;1-2/h5-7H,1-4H3;1-2H3/b10-5-,11-6+;. The van der Waals surface area contributed by atoms with Gasteiger partial charge in [-0.15, -0.1) is 0 Å². The first-order valence-electron chi connectivity index (χ1n) is 5.37. The van der Waals surface area contributed by atoms with Gasteiger partial charge in [0.05, 0.1) is 0 Å². The summed E-state index contributed by atoms with van der Waals surface area (Å²) >= 11 is 0. The summed E-state index contributed by atoms with van der Waals surface area (Å²) < 4.78 is 0. The van der Waals surface area contributed by atoms with Crippen LogP contribution in [0.15, 0.2) is 33.8 Å². The summed E-state index contributed by atoms with van der Waals surface area (Å²) in [6.07, 6.45) is 5.73. The van der Waals surface area contributed by atoms with Crippen molar-refractivity contribution in [3.8, 4) is 0 Å². The number of hydrazone groups is 1. The summed E-state index contributed by atoms with van der Waals surface area (Å²) in [6.45, 7) is 11.9. The van der Waals surface area contributed by atoms with Crippen molar-refractivity contribution in [1.29, 1.82) is 0 Å². The SMILES string of the molecule is C/C=C1/N=C(C)C=C(C)N1/N=C/C.CC. The molecule has 0 atom stereocenters. The van der Waals surface area contributed by atoms with Gasteiger partial charge < -0.3 is 0 Å². The Balaban J connectivity index is 0.000000921. The van der Waals surface area contributed by atoms with Crippen molar-refractivity contribution >= 4 is 11.9 Å². The second kappa shape index (κ2) is 6.98. The molecular weight excluding hydrogens is 186 g/mol. The normalized spacial score (nSPS) is 18.5. The van der Waals surface area contributed by atoms with Crippen molar-refractivity contribution in [2.45, 2.75) is 41.5 Å². The van der Waals surface area contributed by atoms with Gasteiger partial charge in [0.25, 0.3) is 0 Å². The second-order valence-electron chi connectivity index (χ2n) is 2.87. The average molecular weight is 207 g/mol. The summed E-state index contributed by atoms with van der Waals surface area (Å²) in [5, 5.41) is 6.04. The highest BCUT2D eigenvalue weighted by atomic mass is 15.5. The predicted molar refractivity (Wildman–Crippen MR) is 68.0 cm³/mol. The van der Waals surface area contributed by atoms with Crippen LogP contribution in [0.5, 0.6) is 0 Å². The van der Waals surface area contributed by atoms with E-state index < -0.39 is 0 Å². The molecule has 0 unspecified atom stereocenters. The lowest BCUT2D eigenvalue weighted by Crippen LogP contribution is -2.18. The fourth-order valence-corrected chi connectivity index (χ4v) is 1.26. The molecule has 0 aromatic rings. The van der Waals surface area contributed by atoms with E-state index in [0.29, 0.717) is 0 Å². The number of hydrogen-bond donors (Lipinski definition) is 0. The second-order valence-corrected chi connectivity index (χ2v) is 2.87. The monoisotopic (exact) mass is 207 g/mol. The first kappa shape index (κ1) is 13.6. The van der Waals surface area contributed by atoms with Crippen LogP contribution < -0.4 is 0 Å². The molecule has 1 rings (SSSR count). The van der Waals surface area contributed by atoms with E-state index in [2.05, 4.69) is 10.1 Å². The first-order valence-corrected chi connectivity index (χ1v) is 5.37. The molecule has 0 spiro atoms. The Morgan fingerprint density at radius 1 is 1.27 bits per heavy atom. The topological polar surface area (TPSA) is 28.0 Å². The van der Waals surface area contributed by atoms with Crippen LogP contribution in [0.25, 0.3) is 0 Å². The van der Waals surface area contributed by atoms with E-state index in [1.165, 1.54) is 0 Å². The minimum absolute atomic E-state index is 0.885. The van der Waals surface area contributed by atoms with E-state index in [1.54, 1.807) is 6.21 Å². The number of aliphatic imine (C=N–C) groups is 1. The average Bonchev–Trinajstić information content (AvgIpc) is 2.24. The van der Waals surface area contributed by atoms with Crippen LogP contribution in [0.4, 0.5) is 0 Å². The van der Waals surface area contributed by atoms with Crippen molar-refractivity contribution in [3.63, 3.8) is 0 Å². The van der Waals surface area contributed by atoms with Gasteiger partial charge in [-0.3, -0.25) is 0 Å². The molecule has 0 aliphatic carbocycles. The molecule has 15 heavy (non-hydrogen) atoms. The third kappa shape index (κ3) is 3.70. The molecule has 84 valence electrons. The Morgan fingerprint density at radius 3 is 2.33 bits per heavy atom. The van der Waals surface area contributed by atoms with Gasteiger partial charge in [-0.25, -0.2) is 10.0 Å². The maximum Gasteiger partial charge on any atom is 0.149 e. The third-order valence-corrected chi connectivity index (χ3v) is 1.75. The molecule has 3 heteroatoms. The molecule has 0 bridgehead atoms. The highest BCUT2D eigenvalue weighted by Gasteiger charge is 2.12. The van der Waals surface area contributed by atoms with Crippen LogP contribution in [0.2, 0.25) is 0 Å². The largest absolute Gasteiger partial charge is 0.234 e. The Hall–Kier alpha value is -1.38. The molecule has 0 saturated heterocycles. The molecule has 0 aromatic heterocycles. The lowest BCUT2D eigenvalue weighted by Gasteiger charge is -2.23. The van der Waals surface area contributed by atoms with E-state index in [1.807, 2.05) is 58.7 Å². The van der Waals surface area contributed by atoms with Gasteiger partial charge in [0, 0.05) is 17.6 Å². The maximum atomic E-state index is 4.36. The van der Waals surface area contributed by atoms with Crippen LogP contribution in [0, 0.1) is 0 Å². The van der Waals surface area contributed by atoms with E-state index in [-0.39, 0.29) is 0 Å². The minimum Gasteiger partial charge on any atom is -0.234 e. The molecular formula is C12H21N3. The molecule has 0 saturated carbocycles. The van der Waals surface area contributed by atoms with Gasteiger partial charge in [-0.2, -0.15) is 5.10 Å². The summed E-state index contributed by atoms with van der Waals surface area (Å²) in [4.78, 5) is 4.36. The highest BCUT2D eigenvalue weighted by molar-refractivity contribution is 5.94. The van der Waals surface area contributed by atoms with E-state index in [4.69, 9.17) is 0 Å². The molecule has 0 amide bonds. The predicted octanol–water partition coefficient (Wildman–Crippen LogP) is 3.56. The maximum absolute atomic E-state index is 4.36. The fourth-order valence-electron chi connectivity index (χ4n) is 1.26.